The van der Waals surface area contributed by atoms with Crippen LogP contribution in [0.2, 0.25) is 0 Å². The molecule has 1 aromatic carbocycles. The second-order valence-corrected chi connectivity index (χ2v) is 5.58. The van der Waals surface area contributed by atoms with E-state index in [-0.39, 0.29) is 0 Å². The van der Waals surface area contributed by atoms with Gasteiger partial charge in [-0.15, -0.1) is 11.3 Å². The third-order valence-corrected chi connectivity index (χ3v) is 4.48. The lowest BCUT2D eigenvalue weighted by atomic mass is 10.1. The Bertz CT molecular complexity index is 464. The molecule has 0 bridgehead atoms. The molecule has 0 unspecified atom stereocenters. The standard InChI is InChI=1S/C13H14BrNS/c1-10-4-2-3-5-11(10)8-15-9-13-12(14)6-7-16-13/h2-7,15H,8-9H2,1H3. The van der Waals surface area contributed by atoms with E-state index in [0.717, 1.165) is 13.1 Å². The van der Waals surface area contributed by atoms with Crippen molar-refractivity contribution in [2.45, 2.75) is 20.0 Å². The lowest BCUT2D eigenvalue weighted by Crippen LogP contribution is -2.12. The molecule has 16 heavy (non-hydrogen) atoms. The summed E-state index contributed by atoms with van der Waals surface area (Å²) in [5, 5.41) is 5.57. The lowest BCUT2D eigenvalue weighted by molar-refractivity contribution is 0.696. The highest BCUT2D eigenvalue weighted by Crippen LogP contribution is 2.22. The molecule has 0 amide bonds. The maximum absolute atomic E-state index is 3.54. The van der Waals surface area contributed by atoms with Gasteiger partial charge in [0.1, 0.15) is 0 Å². The van der Waals surface area contributed by atoms with Crippen LogP contribution in [0.3, 0.4) is 0 Å². The molecule has 0 aliphatic rings. The zero-order valence-electron chi connectivity index (χ0n) is 9.16. The molecule has 0 spiro atoms. The molecule has 0 saturated carbocycles. The van der Waals surface area contributed by atoms with E-state index in [1.165, 1.54) is 20.5 Å². The molecule has 1 heterocycles. The van der Waals surface area contributed by atoms with Crippen molar-refractivity contribution in [3.05, 3.63) is 56.2 Å². The van der Waals surface area contributed by atoms with Crippen molar-refractivity contribution >= 4 is 27.3 Å². The number of halogens is 1. The molecular formula is C13H14BrNS. The van der Waals surface area contributed by atoms with Crippen LogP contribution >= 0.6 is 27.3 Å². The quantitative estimate of drug-likeness (QED) is 0.895. The summed E-state index contributed by atoms with van der Waals surface area (Å²) in [5.74, 6) is 0. The SMILES string of the molecule is Cc1ccccc1CNCc1sccc1Br. The topological polar surface area (TPSA) is 12.0 Å². The predicted octanol–water partition coefficient (Wildman–Crippen LogP) is 4.11. The van der Waals surface area contributed by atoms with Gasteiger partial charge in [-0.1, -0.05) is 24.3 Å². The van der Waals surface area contributed by atoms with Gasteiger partial charge in [0.05, 0.1) is 0 Å². The molecule has 3 heteroatoms. The van der Waals surface area contributed by atoms with Crippen molar-refractivity contribution in [3.63, 3.8) is 0 Å². The van der Waals surface area contributed by atoms with Crippen molar-refractivity contribution < 1.29 is 0 Å². The molecular weight excluding hydrogens is 282 g/mol. The van der Waals surface area contributed by atoms with Crippen LogP contribution < -0.4 is 5.32 Å². The van der Waals surface area contributed by atoms with Gasteiger partial charge >= 0.3 is 0 Å². The second kappa shape index (κ2) is 5.62. The van der Waals surface area contributed by atoms with E-state index in [4.69, 9.17) is 0 Å². The summed E-state index contributed by atoms with van der Waals surface area (Å²) < 4.78 is 1.20. The number of hydrogen-bond acceptors (Lipinski definition) is 2. The van der Waals surface area contributed by atoms with E-state index in [0.29, 0.717) is 0 Å². The first-order valence-electron chi connectivity index (χ1n) is 5.24. The Labute approximate surface area is 109 Å². The van der Waals surface area contributed by atoms with Crippen LogP contribution in [-0.2, 0) is 13.1 Å². The molecule has 0 fully saturated rings. The van der Waals surface area contributed by atoms with Crippen LogP contribution in [0.25, 0.3) is 0 Å². The Balaban J connectivity index is 1.89. The van der Waals surface area contributed by atoms with Crippen LogP contribution in [0, 0.1) is 6.92 Å². The summed E-state index contributed by atoms with van der Waals surface area (Å²) >= 11 is 5.32. The number of benzene rings is 1. The summed E-state index contributed by atoms with van der Waals surface area (Å²) in [6, 6.07) is 10.6. The van der Waals surface area contributed by atoms with Crippen LogP contribution in [0.1, 0.15) is 16.0 Å². The van der Waals surface area contributed by atoms with E-state index >= 15 is 0 Å². The van der Waals surface area contributed by atoms with Crippen molar-refractivity contribution in [2.24, 2.45) is 0 Å². The number of aryl methyl sites for hydroxylation is 1. The van der Waals surface area contributed by atoms with Gasteiger partial charge in [0.2, 0.25) is 0 Å². The van der Waals surface area contributed by atoms with Gasteiger partial charge in [0.25, 0.3) is 0 Å². The maximum atomic E-state index is 3.54. The number of nitrogens with one attached hydrogen (secondary N) is 1. The molecule has 1 nitrogen and oxygen atoms in total. The highest BCUT2D eigenvalue weighted by atomic mass is 79.9. The normalized spacial score (nSPS) is 10.6. The molecule has 2 rings (SSSR count). The first-order chi connectivity index (χ1) is 7.77. The summed E-state index contributed by atoms with van der Waals surface area (Å²) in [6.07, 6.45) is 0. The Kier molecular flexibility index (Phi) is 4.16. The third-order valence-electron chi connectivity index (χ3n) is 2.55. The van der Waals surface area contributed by atoms with E-state index < -0.39 is 0 Å². The van der Waals surface area contributed by atoms with Crippen LogP contribution in [0.4, 0.5) is 0 Å². The van der Waals surface area contributed by atoms with Crippen LogP contribution in [-0.4, -0.2) is 0 Å². The lowest BCUT2D eigenvalue weighted by Gasteiger charge is -2.06. The van der Waals surface area contributed by atoms with E-state index in [1.807, 2.05) is 0 Å². The fraction of sp³-hybridized carbons (Fsp3) is 0.231. The number of thiophene rings is 1. The minimum atomic E-state index is 0.923. The Morgan fingerprint density at radius 3 is 2.69 bits per heavy atom. The van der Waals surface area contributed by atoms with E-state index in [9.17, 15) is 0 Å². The van der Waals surface area contributed by atoms with Gasteiger partial charge in [0, 0.05) is 22.4 Å². The van der Waals surface area contributed by atoms with Crippen molar-refractivity contribution in [3.8, 4) is 0 Å². The molecule has 2 aromatic rings. The summed E-state index contributed by atoms with van der Waals surface area (Å²) in [5.41, 5.74) is 2.72. The second-order valence-electron chi connectivity index (χ2n) is 3.72. The van der Waals surface area contributed by atoms with Gasteiger partial charge in [-0.25, -0.2) is 0 Å². The van der Waals surface area contributed by atoms with E-state index in [2.05, 4.69) is 63.9 Å². The van der Waals surface area contributed by atoms with Gasteiger partial charge in [-0.3, -0.25) is 0 Å². The van der Waals surface area contributed by atoms with Crippen molar-refractivity contribution in [1.82, 2.24) is 5.32 Å². The fourth-order valence-electron chi connectivity index (χ4n) is 1.57. The number of rotatable bonds is 4. The zero-order chi connectivity index (χ0) is 11.4. The van der Waals surface area contributed by atoms with Gasteiger partial charge < -0.3 is 5.32 Å². The van der Waals surface area contributed by atoms with Crippen LogP contribution in [0.15, 0.2) is 40.2 Å². The number of hydrogen-bond donors (Lipinski definition) is 1. The average molecular weight is 296 g/mol. The molecule has 0 aliphatic heterocycles. The largest absolute Gasteiger partial charge is 0.308 e. The summed E-state index contributed by atoms with van der Waals surface area (Å²) in [6.45, 7) is 4.00. The van der Waals surface area contributed by atoms with Gasteiger partial charge in [-0.05, 0) is 45.4 Å². The van der Waals surface area contributed by atoms with E-state index in [1.54, 1.807) is 11.3 Å². The molecule has 1 aromatic heterocycles. The highest BCUT2D eigenvalue weighted by Gasteiger charge is 2.01. The summed E-state index contributed by atoms with van der Waals surface area (Å²) in [4.78, 5) is 1.36. The average Bonchev–Trinajstić information content (AvgIpc) is 2.67. The Morgan fingerprint density at radius 2 is 2.00 bits per heavy atom. The molecule has 0 aliphatic carbocycles. The predicted molar refractivity (Wildman–Crippen MR) is 73.7 cm³/mol. The maximum Gasteiger partial charge on any atom is 0.0327 e. The molecule has 1 N–H and O–H groups in total. The Hall–Kier alpha value is -0.640. The first kappa shape index (κ1) is 11.8. The highest BCUT2D eigenvalue weighted by molar-refractivity contribution is 9.10. The molecule has 0 atom stereocenters. The fourth-order valence-corrected chi connectivity index (χ4v) is 3.03. The zero-order valence-corrected chi connectivity index (χ0v) is 11.6. The van der Waals surface area contributed by atoms with Crippen molar-refractivity contribution in [2.75, 3.05) is 0 Å². The minimum Gasteiger partial charge on any atom is -0.308 e. The van der Waals surface area contributed by atoms with Crippen molar-refractivity contribution in [1.29, 1.82) is 0 Å². The van der Waals surface area contributed by atoms with Gasteiger partial charge in [0.15, 0.2) is 0 Å². The minimum absolute atomic E-state index is 0.923. The first-order valence-corrected chi connectivity index (χ1v) is 6.92. The summed E-state index contributed by atoms with van der Waals surface area (Å²) in [7, 11) is 0. The smallest absolute Gasteiger partial charge is 0.0327 e. The molecule has 84 valence electrons. The van der Waals surface area contributed by atoms with Crippen LogP contribution in [0.5, 0.6) is 0 Å². The molecule has 0 saturated heterocycles. The third kappa shape index (κ3) is 2.94. The Morgan fingerprint density at radius 1 is 1.19 bits per heavy atom. The van der Waals surface area contributed by atoms with Gasteiger partial charge in [-0.2, -0.15) is 0 Å². The molecule has 0 radical (unpaired) electrons. The monoisotopic (exact) mass is 295 g/mol.